The molecule has 0 amide bonds. The Hall–Kier alpha value is -0.860. The van der Waals surface area contributed by atoms with E-state index in [1.54, 1.807) is 0 Å². The molecule has 2 heteroatoms. The molecule has 0 aliphatic heterocycles. The van der Waals surface area contributed by atoms with Crippen LogP contribution in [0.5, 0.6) is 0 Å². The van der Waals surface area contributed by atoms with Crippen molar-refractivity contribution in [1.29, 1.82) is 0 Å². The molecule has 2 nitrogen and oxygen atoms in total. The number of hydrogen-bond acceptors (Lipinski definition) is 2. The molecule has 0 heterocycles. The van der Waals surface area contributed by atoms with Gasteiger partial charge in [-0.25, -0.2) is 0 Å². The molecular formula is C12H19NO. The first kappa shape index (κ1) is 11.2. The van der Waals surface area contributed by atoms with Gasteiger partial charge in [0, 0.05) is 12.6 Å². The fourth-order valence-electron chi connectivity index (χ4n) is 1.46. The lowest BCUT2D eigenvalue weighted by molar-refractivity contribution is 0.133. The molecule has 0 radical (unpaired) electrons. The van der Waals surface area contributed by atoms with Gasteiger partial charge in [-0.1, -0.05) is 24.3 Å². The highest BCUT2D eigenvalue weighted by Gasteiger charge is 2.03. The summed E-state index contributed by atoms with van der Waals surface area (Å²) in [5.41, 5.74) is 8.34. The molecule has 0 aliphatic rings. The number of rotatable bonds is 5. The van der Waals surface area contributed by atoms with Gasteiger partial charge in [-0.3, -0.25) is 0 Å². The van der Waals surface area contributed by atoms with Gasteiger partial charge in [0.1, 0.15) is 0 Å². The van der Waals surface area contributed by atoms with Gasteiger partial charge in [0.15, 0.2) is 0 Å². The Morgan fingerprint density at radius 2 is 1.93 bits per heavy atom. The van der Waals surface area contributed by atoms with Gasteiger partial charge in [0.25, 0.3) is 0 Å². The lowest BCUT2D eigenvalue weighted by Crippen LogP contribution is -2.18. The highest BCUT2D eigenvalue weighted by molar-refractivity contribution is 5.27. The monoisotopic (exact) mass is 193 g/mol. The van der Waals surface area contributed by atoms with Crippen molar-refractivity contribution in [3.63, 3.8) is 0 Å². The zero-order valence-electron chi connectivity index (χ0n) is 8.99. The van der Waals surface area contributed by atoms with Crippen molar-refractivity contribution >= 4 is 0 Å². The minimum absolute atomic E-state index is 0.206. The number of hydrogen-bond donors (Lipinski definition) is 1. The normalized spacial score (nSPS) is 12.8. The van der Waals surface area contributed by atoms with Gasteiger partial charge < -0.3 is 10.5 Å². The molecule has 2 N–H and O–H groups in total. The molecule has 0 fully saturated rings. The SMILES string of the molecule is CCOCc1ccccc1CC(C)N. The van der Waals surface area contributed by atoms with Crippen LogP contribution in [-0.4, -0.2) is 12.6 Å². The lowest BCUT2D eigenvalue weighted by atomic mass is 10.0. The molecule has 0 bridgehead atoms. The summed E-state index contributed by atoms with van der Waals surface area (Å²) < 4.78 is 5.40. The second-order valence-electron chi connectivity index (χ2n) is 3.59. The van der Waals surface area contributed by atoms with Gasteiger partial charge in [0.05, 0.1) is 6.61 Å². The molecule has 1 aromatic carbocycles. The topological polar surface area (TPSA) is 35.2 Å². The van der Waals surface area contributed by atoms with Gasteiger partial charge >= 0.3 is 0 Å². The summed E-state index contributed by atoms with van der Waals surface area (Å²) in [5.74, 6) is 0. The number of nitrogens with two attached hydrogens (primary N) is 1. The maximum Gasteiger partial charge on any atom is 0.0719 e. The van der Waals surface area contributed by atoms with Crippen molar-refractivity contribution in [3.05, 3.63) is 35.4 Å². The van der Waals surface area contributed by atoms with Crippen molar-refractivity contribution in [2.24, 2.45) is 5.73 Å². The Kier molecular flexibility index (Phi) is 4.63. The first-order valence-electron chi connectivity index (χ1n) is 5.14. The molecule has 0 saturated carbocycles. The van der Waals surface area contributed by atoms with E-state index in [0.29, 0.717) is 6.61 Å². The number of benzene rings is 1. The minimum atomic E-state index is 0.206. The largest absolute Gasteiger partial charge is 0.377 e. The molecular weight excluding hydrogens is 174 g/mol. The summed E-state index contributed by atoms with van der Waals surface area (Å²) >= 11 is 0. The van der Waals surface area contributed by atoms with E-state index in [4.69, 9.17) is 10.5 Å². The van der Waals surface area contributed by atoms with E-state index in [0.717, 1.165) is 13.0 Å². The molecule has 78 valence electrons. The second-order valence-corrected chi connectivity index (χ2v) is 3.59. The third-order valence-electron chi connectivity index (χ3n) is 2.12. The summed E-state index contributed by atoms with van der Waals surface area (Å²) in [7, 11) is 0. The van der Waals surface area contributed by atoms with Crippen LogP contribution in [0.2, 0.25) is 0 Å². The average Bonchev–Trinajstić information content (AvgIpc) is 2.16. The van der Waals surface area contributed by atoms with Crippen LogP contribution < -0.4 is 5.73 Å². The predicted octanol–water partition coefficient (Wildman–Crippen LogP) is 2.11. The fraction of sp³-hybridized carbons (Fsp3) is 0.500. The van der Waals surface area contributed by atoms with Crippen molar-refractivity contribution in [2.75, 3.05) is 6.61 Å². The maximum absolute atomic E-state index is 5.78. The average molecular weight is 193 g/mol. The van der Waals surface area contributed by atoms with E-state index in [1.165, 1.54) is 11.1 Å². The zero-order valence-corrected chi connectivity index (χ0v) is 8.99. The van der Waals surface area contributed by atoms with E-state index >= 15 is 0 Å². The van der Waals surface area contributed by atoms with E-state index in [-0.39, 0.29) is 6.04 Å². The van der Waals surface area contributed by atoms with Crippen LogP contribution in [0.25, 0.3) is 0 Å². The van der Waals surface area contributed by atoms with Gasteiger partial charge in [-0.05, 0) is 31.4 Å². The molecule has 0 aromatic heterocycles. The highest BCUT2D eigenvalue weighted by atomic mass is 16.5. The van der Waals surface area contributed by atoms with Crippen LogP contribution in [0.4, 0.5) is 0 Å². The Morgan fingerprint density at radius 3 is 2.50 bits per heavy atom. The fourth-order valence-corrected chi connectivity index (χ4v) is 1.46. The third kappa shape index (κ3) is 3.48. The zero-order chi connectivity index (χ0) is 10.4. The summed E-state index contributed by atoms with van der Waals surface area (Å²) in [6, 6.07) is 8.52. The molecule has 1 aromatic rings. The summed E-state index contributed by atoms with van der Waals surface area (Å²) in [6.45, 7) is 5.48. The van der Waals surface area contributed by atoms with E-state index in [2.05, 4.69) is 12.1 Å². The highest BCUT2D eigenvalue weighted by Crippen LogP contribution is 2.11. The molecule has 14 heavy (non-hydrogen) atoms. The van der Waals surface area contributed by atoms with Crippen LogP contribution >= 0.6 is 0 Å². The first-order valence-corrected chi connectivity index (χ1v) is 5.14. The predicted molar refractivity (Wildman–Crippen MR) is 59.1 cm³/mol. The van der Waals surface area contributed by atoms with Gasteiger partial charge in [-0.2, -0.15) is 0 Å². The van der Waals surface area contributed by atoms with Crippen molar-refractivity contribution < 1.29 is 4.74 Å². The van der Waals surface area contributed by atoms with Crippen molar-refractivity contribution in [1.82, 2.24) is 0 Å². The maximum atomic E-state index is 5.78. The Labute approximate surface area is 86.1 Å². The van der Waals surface area contributed by atoms with Crippen LogP contribution in [0.15, 0.2) is 24.3 Å². The molecule has 1 rings (SSSR count). The number of ether oxygens (including phenoxy) is 1. The third-order valence-corrected chi connectivity index (χ3v) is 2.12. The second kappa shape index (κ2) is 5.78. The smallest absolute Gasteiger partial charge is 0.0719 e. The molecule has 0 spiro atoms. The Morgan fingerprint density at radius 1 is 1.29 bits per heavy atom. The standard InChI is InChI=1S/C12H19NO/c1-3-14-9-12-7-5-4-6-11(12)8-10(2)13/h4-7,10H,3,8-9,13H2,1-2H3. The van der Waals surface area contributed by atoms with Gasteiger partial charge in [0.2, 0.25) is 0 Å². The quantitative estimate of drug-likeness (QED) is 0.777. The Balaban J connectivity index is 2.69. The van der Waals surface area contributed by atoms with Crippen LogP contribution in [0.1, 0.15) is 25.0 Å². The first-order chi connectivity index (χ1) is 6.74. The Bertz CT molecular complexity index is 271. The lowest BCUT2D eigenvalue weighted by Gasteiger charge is -2.11. The molecule has 0 aliphatic carbocycles. The molecule has 1 unspecified atom stereocenters. The van der Waals surface area contributed by atoms with Crippen molar-refractivity contribution in [3.8, 4) is 0 Å². The van der Waals surface area contributed by atoms with Gasteiger partial charge in [-0.15, -0.1) is 0 Å². The van der Waals surface area contributed by atoms with Crippen LogP contribution in [0, 0.1) is 0 Å². The van der Waals surface area contributed by atoms with Crippen LogP contribution in [-0.2, 0) is 17.8 Å². The summed E-state index contributed by atoms with van der Waals surface area (Å²) in [6.07, 6.45) is 0.920. The van der Waals surface area contributed by atoms with Crippen LogP contribution in [0.3, 0.4) is 0 Å². The molecule has 1 atom stereocenters. The summed E-state index contributed by atoms with van der Waals surface area (Å²) in [4.78, 5) is 0. The van der Waals surface area contributed by atoms with Crippen molar-refractivity contribution in [2.45, 2.75) is 32.9 Å². The van der Waals surface area contributed by atoms with E-state index in [1.807, 2.05) is 26.0 Å². The minimum Gasteiger partial charge on any atom is -0.377 e. The summed E-state index contributed by atoms with van der Waals surface area (Å²) in [5, 5.41) is 0. The van der Waals surface area contributed by atoms with E-state index < -0.39 is 0 Å². The molecule has 0 saturated heterocycles. The van der Waals surface area contributed by atoms with E-state index in [9.17, 15) is 0 Å².